The molecule has 70 valence electrons. The molecule has 0 spiro atoms. The molecule has 2 nitrogen and oxygen atoms in total. The van der Waals surface area contributed by atoms with Crippen LogP contribution >= 0.6 is 0 Å². The highest BCUT2D eigenvalue weighted by Crippen LogP contribution is 2.10. The molecule has 0 atom stereocenters. The van der Waals surface area contributed by atoms with Gasteiger partial charge in [-0.1, -0.05) is 6.42 Å². The summed E-state index contributed by atoms with van der Waals surface area (Å²) in [6.45, 7) is 3.24. The lowest BCUT2D eigenvalue weighted by Crippen LogP contribution is -2.32. The van der Waals surface area contributed by atoms with Crippen molar-refractivity contribution in [2.75, 3.05) is 26.2 Å². The summed E-state index contributed by atoms with van der Waals surface area (Å²) in [7, 11) is 0. The van der Waals surface area contributed by atoms with Crippen molar-refractivity contribution in [3.63, 3.8) is 0 Å². The van der Waals surface area contributed by atoms with Gasteiger partial charge in [-0.2, -0.15) is 0 Å². The van der Waals surface area contributed by atoms with E-state index in [2.05, 4.69) is 4.90 Å². The normalized spacial score (nSPS) is 21.3. The Morgan fingerprint density at radius 1 is 1.33 bits per heavy atom. The monoisotopic (exact) mass is 172 g/mol. The molecule has 12 heavy (non-hydrogen) atoms. The fraction of sp³-hybridized carbons (Fsp3) is 0.778. The summed E-state index contributed by atoms with van der Waals surface area (Å²) in [6.07, 6.45) is 4.44. The van der Waals surface area contributed by atoms with Crippen LogP contribution in [0.2, 0.25) is 0 Å². The summed E-state index contributed by atoms with van der Waals surface area (Å²) < 4.78 is 12.1. The van der Waals surface area contributed by atoms with Gasteiger partial charge in [-0.3, -0.25) is 4.90 Å². The van der Waals surface area contributed by atoms with Crippen molar-refractivity contribution in [3.8, 4) is 0 Å². The zero-order chi connectivity index (χ0) is 8.81. The summed E-state index contributed by atoms with van der Waals surface area (Å²) in [5.41, 5.74) is 6.07. The Bertz CT molecular complexity index is 151. The number of hydrogen-bond donors (Lipinski definition) is 1. The van der Waals surface area contributed by atoms with Crippen LogP contribution in [0.1, 0.15) is 19.3 Å². The van der Waals surface area contributed by atoms with E-state index >= 15 is 0 Å². The van der Waals surface area contributed by atoms with Gasteiger partial charge in [0.1, 0.15) is 0 Å². The number of rotatable bonds is 3. The molecule has 1 heterocycles. The van der Waals surface area contributed by atoms with Crippen LogP contribution < -0.4 is 5.73 Å². The summed E-state index contributed by atoms with van der Waals surface area (Å²) in [5, 5.41) is 0. The Morgan fingerprint density at radius 3 is 2.50 bits per heavy atom. The molecule has 0 aromatic heterocycles. The van der Waals surface area contributed by atoms with Gasteiger partial charge in [0, 0.05) is 13.1 Å². The predicted molar refractivity (Wildman–Crippen MR) is 48.5 cm³/mol. The predicted octanol–water partition coefficient (Wildman–Crippen LogP) is 1.28. The van der Waals surface area contributed by atoms with E-state index in [1.54, 1.807) is 0 Å². The van der Waals surface area contributed by atoms with Gasteiger partial charge < -0.3 is 5.73 Å². The number of hydrogen-bond acceptors (Lipinski definition) is 2. The molecule has 0 aliphatic carbocycles. The van der Waals surface area contributed by atoms with Crippen LogP contribution in [0.5, 0.6) is 0 Å². The van der Waals surface area contributed by atoms with E-state index in [-0.39, 0.29) is 0 Å². The zero-order valence-electron chi connectivity index (χ0n) is 7.43. The van der Waals surface area contributed by atoms with Gasteiger partial charge in [-0.05, 0) is 31.5 Å². The van der Waals surface area contributed by atoms with Crippen LogP contribution in [-0.4, -0.2) is 31.1 Å². The fourth-order valence-electron chi connectivity index (χ4n) is 1.55. The van der Waals surface area contributed by atoms with Gasteiger partial charge >= 0.3 is 0 Å². The van der Waals surface area contributed by atoms with E-state index in [0.29, 0.717) is 25.0 Å². The summed E-state index contributed by atoms with van der Waals surface area (Å²) in [5.74, 6) is 0. The molecule has 3 heteroatoms. The summed E-state index contributed by atoms with van der Waals surface area (Å²) >= 11 is 0. The molecule has 0 bridgehead atoms. The quantitative estimate of drug-likeness (QED) is 0.695. The summed E-state index contributed by atoms with van der Waals surface area (Å²) in [4.78, 5) is 2.27. The Morgan fingerprint density at radius 2 is 2.00 bits per heavy atom. The van der Waals surface area contributed by atoms with Gasteiger partial charge in [-0.25, -0.2) is 4.39 Å². The molecule has 0 unspecified atom stereocenters. The van der Waals surface area contributed by atoms with E-state index in [1.165, 1.54) is 19.3 Å². The highest BCUT2D eigenvalue weighted by atomic mass is 19.1. The van der Waals surface area contributed by atoms with E-state index in [4.69, 9.17) is 5.73 Å². The van der Waals surface area contributed by atoms with Crippen LogP contribution in [0.15, 0.2) is 11.9 Å². The number of halogens is 1. The van der Waals surface area contributed by atoms with Crippen LogP contribution in [0.3, 0.4) is 0 Å². The lowest BCUT2D eigenvalue weighted by molar-refractivity contribution is 0.245. The molecule has 2 N–H and O–H groups in total. The first-order valence-electron chi connectivity index (χ1n) is 4.57. The van der Waals surface area contributed by atoms with Crippen molar-refractivity contribution in [1.82, 2.24) is 4.90 Å². The minimum Gasteiger partial charge on any atom is -0.327 e. The minimum atomic E-state index is 0.340. The number of nitrogens with two attached hydrogens (primary N) is 1. The molecule has 1 rings (SSSR count). The molecule has 0 saturated carbocycles. The lowest BCUT2D eigenvalue weighted by Gasteiger charge is -2.26. The van der Waals surface area contributed by atoms with E-state index in [0.717, 1.165) is 13.1 Å². The maximum Gasteiger partial charge on any atom is 0.0884 e. The lowest BCUT2D eigenvalue weighted by atomic mass is 10.1. The first-order valence-corrected chi connectivity index (χ1v) is 4.57. The maximum atomic E-state index is 12.1. The topological polar surface area (TPSA) is 29.3 Å². The molecule has 1 aliphatic heterocycles. The Balaban J connectivity index is 2.28. The Kier molecular flexibility index (Phi) is 4.25. The SMILES string of the molecule is NCC(=CF)CN1CCCCC1. The third-order valence-electron chi connectivity index (χ3n) is 2.29. The number of likely N-dealkylation sites (tertiary alicyclic amines) is 1. The fourth-order valence-corrected chi connectivity index (χ4v) is 1.55. The number of piperidine rings is 1. The molecule has 0 aromatic rings. The van der Waals surface area contributed by atoms with Crippen molar-refractivity contribution in [1.29, 1.82) is 0 Å². The van der Waals surface area contributed by atoms with Crippen LogP contribution in [0.25, 0.3) is 0 Å². The minimum absolute atomic E-state index is 0.340. The molecule has 0 radical (unpaired) electrons. The third kappa shape index (κ3) is 2.91. The van der Waals surface area contributed by atoms with Crippen LogP contribution in [0.4, 0.5) is 4.39 Å². The first kappa shape index (κ1) is 9.68. The van der Waals surface area contributed by atoms with E-state index < -0.39 is 0 Å². The van der Waals surface area contributed by atoms with Crippen LogP contribution in [-0.2, 0) is 0 Å². The van der Waals surface area contributed by atoms with Crippen molar-refractivity contribution in [2.45, 2.75) is 19.3 Å². The Hall–Kier alpha value is -0.410. The Labute approximate surface area is 73.2 Å². The smallest absolute Gasteiger partial charge is 0.0884 e. The molecule has 1 aliphatic rings. The highest BCUT2D eigenvalue weighted by molar-refractivity contribution is 5.02. The number of nitrogens with zero attached hydrogens (tertiary/aromatic N) is 1. The second-order valence-electron chi connectivity index (χ2n) is 3.31. The standard InChI is InChI=1S/C9H17FN2/c10-6-9(7-11)8-12-4-2-1-3-5-12/h6H,1-5,7-8,11H2. The van der Waals surface area contributed by atoms with Gasteiger partial charge in [0.15, 0.2) is 0 Å². The van der Waals surface area contributed by atoms with Crippen molar-refractivity contribution in [3.05, 3.63) is 11.9 Å². The molecular formula is C9H17FN2. The molecule has 0 amide bonds. The average Bonchev–Trinajstić information content (AvgIpc) is 2.16. The van der Waals surface area contributed by atoms with E-state index in [9.17, 15) is 4.39 Å². The largest absolute Gasteiger partial charge is 0.327 e. The van der Waals surface area contributed by atoms with Crippen LogP contribution in [0, 0.1) is 0 Å². The van der Waals surface area contributed by atoms with E-state index in [1.807, 2.05) is 0 Å². The van der Waals surface area contributed by atoms with Crippen molar-refractivity contribution >= 4 is 0 Å². The zero-order valence-corrected chi connectivity index (χ0v) is 7.43. The second kappa shape index (κ2) is 5.27. The molecular weight excluding hydrogens is 155 g/mol. The van der Waals surface area contributed by atoms with Gasteiger partial charge in [0.25, 0.3) is 0 Å². The molecule has 0 aromatic carbocycles. The van der Waals surface area contributed by atoms with Gasteiger partial charge in [-0.15, -0.1) is 0 Å². The van der Waals surface area contributed by atoms with Gasteiger partial charge in [0.05, 0.1) is 6.33 Å². The third-order valence-corrected chi connectivity index (χ3v) is 2.29. The van der Waals surface area contributed by atoms with Crippen molar-refractivity contribution < 1.29 is 4.39 Å². The molecule has 1 saturated heterocycles. The molecule has 1 fully saturated rings. The average molecular weight is 172 g/mol. The highest BCUT2D eigenvalue weighted by Gasteiger charge is 2.10. The van der Waals surface area contributed by atoms with Crippen molar-refractivity contribution in [2.24, 2.45) is 5.73 Å². The maximum absolute atomic E-state index is 12.1. The second-order valence-corrected chi connectivity index (χ2v) is 3.31. The first-order chi connectivity index (χ1) is 5.86. The van der Waals surface area contributed by atoms with Gasteiger partial charge in [0.2, 0.25) is 0 Å². The summed E-state index contributed by atoms with van der Waals surface area (Å²) in [6, 6.07) is 0.